The molecule has 1 saturated heterocycles. The van der Waals surface area contributed by atoms with Crippen molar-refractivity contribution in [2.75, 3.05) is 6.54 Å². The average Bonchev–Trinajstić information content (AvgIpc) is 2.89. The first-order valence-corrected chi connectivity index (χ1v) is 7.28. The smallest absolute Gasteiger partial charge is 0.256 e. The number of hydrogen-bond acceptors (Lipinski definition) is 3. The van der Waals surface area contributed by atoms with Gasteiger partial charge in [-0.3, -0.25) is 9.78 Å². The van der Waals surface area contributed by atoms with Crippen LogP contribution in [-0.2, 0) is 0 Å². The van der Waals surface area contributed by atoms with Gasteiger partial charge in [0.15, 0.2) is 0 Å². The van der Waals surface area contributed by atoms with Gasteiger partial charge in [-0.1, -0.05) is 23.7 Å². The number of hydrogen-bond donors (Lipinski definition) is 1. The van der Waals surface area contributed by atoms with Gasteiger partial charge in [0.1, 0.15) is 5.82 Å². The molecule has 0 aliphatic carbocycles. The molecule has 1 fully saturated rings. The molecular formula is C16H14ClFN2O2. The molecule has 2 aromatic rings. The lowest BCUT2D eigenvalue weighted by Gasteiger charge is -2.25. The van der Waals surface area contributed by atoms with E-state index < -0.39 is 6.10 Å². The quantitative estimate of drug-likeness (QED) is 0.925. The van der Waals surface area contributed by atoms with Crippen molar-refractivity contribution in [2.45, 2.75) is 18.6 Å². The minimum atomic E-state index is -0.641. The van der Waals surface area contributed by atoms with Gasteiger partial charge in [0, 0.05) is 18.9 Å². The molecule has 3 rings (SSSR count). The molecule has 22 heavy (non-hydrogen) atoms. The zero-order chi connectivity index (χ0) is 15.7. The number of pyridine rings is 1. The van der Waals surface area contributed by atoms with Crippen LogP contribution in [0.3, 0.4) is 0 Å². The number of nitrogens with zero attached hydrogens (tertiary/aromatic N) is 2. The number of aromatic nitrogens is 1. The molecule has 1 aromatic carbocycles. The van der Waals surface area contributed by atoms with Crippen molar-refractivity contribution in [2.24, 2.45) is 0 Å². The van der Waals surface area contributed by atoms with E-state index in [1.807, 2.05) is 0 Å². The third kappa shape index (κ3) is 2.82. The predicted molar refractivity (Wildman–Crippen MR) is 80.0 cm³/mol. The summed E-state index contributed by atoms with van der Waals surface area (Å²) in [6, 6.07) is 7.25. The molecule has 1 aliphatic rings. The summed E-state index contributed by atoms with van der Waals surface area (Å²) in [7, 11) is 0. The number of rotatable bonds is 2. The molecule has 6 heteroatoms. The van der Waals surface area contributed by atoms with Crippen LogP contribution < -0.4 is 0 Å². The Bertz CT molecular complexity index is 710. The second-order valence-corrected chi connectivity index (χ2v) is 5.68. The number of aliphatic hydroxyl groups excluding tert-OH is 1. The Morgan fingerprint density at radius 3 is 2.95 bits per heavy atom. The van der Waals surface area contributed by atoms with Crippen molar-refractivity contribution < 1.29 is 14.3 Å². The maximum atomic E-state index is 13.4. The van der Waals surface area contributed by atoms with E-state index in [1.54, 1.807) is 12.1 Å². The Morgan fingerprint density at radius 2 is 2.23 bits per heavy atom. The molecule has 0 radical (unpaired) electrons. The van der Waals surface area contributed by atoms with Gasteiger partial charge in [0.2, 0.25) is 0 Å². The minimum absolute atomic E-state index is 0.193. The minimum Gasteiger partial charge on any atom is -0.391 e. The molecule has 0 unspecified atom stereocenters. The van der Waals surface area contributed by atoms with E-state index in [-0.39, 0.29) is 29.3 Å². The Morgan fingerprint density at radius 1 is 1.41 bits per heavy atom. The first-order valence-electron chi connectivity index (χ1n) is 6.90. The van der Waals surface area contributed by atoms with Crippen molar-refractivity contribution in [1.82, 2.24) is 9.88 Å². The molecule has 114 valence electrons. The summed E-state index contributed by atoms with van der Waals surface area (Å²) < 4.78 is 13.4. The summed E-state index contributed by atoms with van der Waals surface area (Å²) in [6.07, 6.45) is 2.62. The number of likely N-dealkylation sites (tertiary alicyclic amines) is 1. The van der Waals surface area contributed by atoms with Crippen molar-refractivity contribution >= 4 is 17.5 Å². The van der Waals surface area contributed by atoms with Crippen LogP contribution in [0.2, 0.25) is 5.02 Å². The molecule has 2 heterocycles. The Balaban J connectivity index is 1.94. The van der Waals surface area contributed by atoms with E-state index in [1.165, 1.54) is 35.5 Å². The zero-order valence-corrected chi connectivity index (χ0v) is 12.4. The summed E-state index contributed by atoms with van der Waals surface area (Å²) in [6.45, 7) is 0.193. The highest BCUT2D eigenvalue weighted by Crippen LogP contribution is 2.34. The van der Waals surface area contributed by atoms with Crippen molar-refractivity contribution in [3.05, 3.63) is 64.7 Å². The maximum absolute atomic E-state index is 13.4. The number of amides is 1. The lowest BCUT2D eigenvalue weighted by Crippen LogP contribution is -2.32. The topological polar surface area (TPSA) is 53.4 Å². The first-order chi connectivity index (χ1) is 10.6. The summed E-state index contributed by atoms with van der Waals surface area (Å²) in [5.41, 5.74) is 0.988. The van der Waals surface area contributed by atoms with E-state index in [4.69, 9.17) is 11.6 Å². The van der Waals surface area contributed by atoms with Gasteiger partial charge in [-0.05, 0) is 30.2 Å². The number of carbonyl (C=O) groups is 1. The van der Waals surface area contributed by atoms with Crippen LogP contribution in [0.25, 0.3) is 0 Å². The second kappa shape index (κ2) is 6.02. The largest absolute Gasteiger partial charge is 0.391 e. The molecule has 0 saturated carbocycles. The van der Waals surface area contributed by atoms with Gasteiger partial charge < -0.3 is 10.0 Å². The Labute approximate surface area is 132 Å². The highest BCUT2D eigenvalue weighted by Gasteiger charge is 2.36. The highest BCUT2D eigenvalue weighted by atomic mass is 35.5. The van der Waals surface area contributed by atoms with Crippen LogP contribution in [0.4, 0.5) is 4.39 Å². The van der Waals surface area contributed by atoms with Crippen LogP contribution in [0.5, 0.6) is 0 Å². The number of halogens is 2. The number of aliphatic hydroxyl groups is 1. The average molecular weight is 321 g/mol. The molecule has 1 amide bonds. The van der Waals surface area contributed by atoms with Crippen molar-refractivity contribution in [3.63, 3.8) is 0 Å². The molecule has 0 bridgehead atoms. The van der Waals surface area contributed by atoms with E-state index >= 15 is 0 Å². The maximum Gasteiger partial charge on any atom is 0.256 e. The van der Waals surface area contributed by atoms with Crippen LogP contribution in [0.15, 0.2) is 42.7 Å². The molecule has 2 atom stereocenters. The van der Waals surface area contributed by atoms with Gasteiger partial charge >= 0.3 is 0 Å². The van der Waals surface area contributed by atoms with E-state index in [0.717, 1.165) is 0 Å². The van der Waals surface area contributed by atoms with Crippen molar-refractivity contribution in [3.8, 4) is 0 Å². The summed E-state index contributed by atoms with van der Waals surface area (Å²) in [5.74, 6) is -0.661. The SMILES string of the molecule is O=C(c1ccncc1Cl)N1C[C@@H](O)C[C@@H]1c1cccc(F)c1. The fourth-order valence-corrected chi connectivity index (χ4v) is 2.97. The summed E-state index contributed by atoms with van der Waals surface area (Å²) in [4.78, 5) is 18.1. The molecule has 1 N–H and O–H groups in total. The van der Waals surface area contributed by atoms with Crippen LogP contribution in [0.1, 0.15) is 28.4 Å². The summed E-state index contributed by atoms with van der Waals surface area (Å²) in [5, 5.41) is 10.2. The monoisotopic (exact) mass is 320 g/mol. The fourth-order valence-electron chi connectivity index (χ4n) is 2.77. The van der Waals surface area contributed by atoms with E-state index in [0.29, 0.717) is 17.5 Å². The molecule has 4 nitrogen and oxygen atoms in total. The lowest BCUT2D eigenvalue weighted by molar-refractivity contribution is 0.0715. The van der Waals surface area contributed by atoms with E-state index in [2.05, 4.69) is 4.98 Å². The van der Waals surface area contributed by atoms with Gasteiger partial charge in [-0.25, -0.2) is 4.39 Å². The molecule has 0 spiro atoms. The number of β-amino-alcohol motifs (C(OH)–C–C–N with tert-alkyl or cyclic N) is 1. The number of benzene rings is 1. The summed E-state index contributed by atoms with van der Waals surface area (Å²) >= 11 is 6.02. The fraction of sp³-hybridized carbons (Fsp3) is 0.250. The van der Waals surface area contributed by atoms with E-state index in [9.17, 15) is 14.3 Å². The lowest BCUT2D eigenvalue weighted by atomic mass is 10.0. The van der Waals surface area contributed by atoms with Gasteiger partial charge in [-0.15, -0.1) is 0 Å². The van der Waals surface area contributed by atoms with Gasteiger partial charge in [-0.2, -0.15) is 0 Å². The van der Waals surface area contributed by atoms with Gasteiger partial charge in [0.05, 0.1) is 22.7 Å². The molecular weight excluding hydrogens is 307 g/mol. The molecule has 1 aliphatic heterocycles. The van der Waals surface area contributed by atoms with Crippen LogP contribution >= 0.6 is 11.6 Å². The molecule has 1 aromatic heterocycles. The normalized spacial score (nSPS) is 21.1. The Hall–Kier alpha value is -1.98. The standard InChI is InChI=1S/C16H14ClFN2O2/c17-14-8-19-5-4-13(14)16(22)20-9-12(21)7-15(20)10-2-1-3-11(18)6-10/h1-6,8,12,15,21H,7,9H2/t12-,15+/m0/s1. The third-order valence-electron chi connectivity index (χ3n) is 3.78. The van der Waals surface area contributed by atoms with Gasteiger partial charge in [0.25, 0.3) is 5.91 Å². The Kier molecular flexibility index (Phi) is 4.09. The third-order valence-corrected chi connectivity index (χ3v) is 4.08. The van der Waals surface area contributed by atoms with Crippen molar-refractivity contribution in [1.29, 1.82) is 0 Å². The predicted octanol–water partition coefficient (Wildman–Crippen LogP) is 2.82. The number of carbonyl (C=O) groups excluding carboxylic acids is 1. The van der Waals surface area contributed by atoms with Crippen LogP contribution in [-0.4, -0.2) is 33.5 Å². The highest BCUT2D eigenvalue weighted by molar-refractivity contribution is 6.33. The van der Waals surface area contributed by atoms with Crippen LogP contribution in [0, 0.1) is 5.82 Å². The first kappa shape index (κ1) is 14.9. The second-order valence-electron chi connectivity index (χ2n) is 5.27. The zero-order valence-electron chi connectivity index (χ0n) is 11.6.